The number of hydrogen-bond donors (Lipinski definition) is 2. The second-order valence-corrected chi connectivity index (χ2v) is 5.51. The Morgan fingerprint density at radius 2 is 1.90 bits per heavy atom. The largest absolute Gasteiger partial charge is 0.378 e. The van der Waals surface area contributed by atoms with Crippen molar-refractivity contribution in [1.29, 1.82) is 0 Å². The Morgan fingerprint density at radius 1 is 1.20 bits per heavy atom. The van der Waals surface area contributed by atoms with Gasteiger partial charge in [0.05, 0.1) is 19.1 Å². The molecule has 0 radical (unpaired) electrons. The third-order valence-electron chi connectivity index (χ3n) is 4.02. The predicted molar refractivity (Wildman–Crippen MR) is 77.6 cm³/mol. The van der Waals surface area contributed by atoms with Crippen LogP contribution < -0.4 is 15.8 Å². The van der Waals surface area contributed by atoms with Gasteiger partial charge >= 0.3 is 0 Å². The molecule has 2 heterocycles. The third-order valence-corrected chi connectivity index (χ3v) is 4.02. The van der Waals surface area contributed by atoms with Gasteiger partial charge in [-0.25, -0.2) is 5.43 Å². The highest BCUT2D eigenvalue weighted by Crippen LogP contribution is 2.26. The lowest BCUT2D eigenvalue weighted by molar-refractivity contribution is -0.125. The maximum Gasteiger partial charge on any atom is 0.241 e. The molecule has 1 amide bonds. The molecule has 2 unspecified atom stereocenters. The van der Waals surface area contributed by atoms with Crippen LogP contribution in [0.25, 0.3) is 0 Å². The van der Waals surface area contributed by atoms with Gasteiger partial charge in [0.25, 0.3) is 0 Å². The van der Waals surface area contributed by atoms with E-state index in [2.05, 4.69) is 46.9 Å². The first-order chi connectivity index (χ1) is 9.74. The number of amides is 1. The third kappa shape index (κ3) is 2.78. The molecule has 0 saturated carbocycles. The van der Waals surface area contributed by atoms with E-state index in [0.29, 0.717) is 6.04 Å². The minimum Gasteiger partial charge on any atom is -0.378 e. The van der Waals surface area contributed by atoms with Crippen LogP contribution in [-0.4, -0.2) is 38.3 Å². The fourth-order valence-corrected chi connectivity index (χ4v) is 2.83. The minimum atomic E-state index is -0.0509. The molecule has 3 rings (SSSR count). The van der Waals surface area contributed by atoms with E-state index in [9.17, 15) is 4.79 Å². The number of morpholine rings is 1. The molecule has 0 spiro atoms. The van der Waals surface area contributed by atoms with Gasteiger partial charge in [0.2, 0.25) is 5.91 Å². The zero-order chi connectivity index (χ0) is 13.9. The standard InChI is InChI=1S/C15H21N3O2/c1-11-10-14(15(19)17-16-11)12-2-4-13(5-3-12)18-6-8-20-9-7-18/h2-5,11,14,16H,6-10H2,1H3,(H,17,19). The quantitative estimate of drug-likeness (QED) is 0.846. The van der Waals surface area contributed by atoms with Crippen LogP contribution in [0.3, 0.4) is 0 Å². The zero-order valence-electron chi connectivity index (χ0n) is 11.8. The molecule has 2 aliphatic heterocycles. The predicted octanol–water partition coefficient (Wildman–Crippen LogP) is 1.02. The number of rotatable bonds is 2. The van der Waals surface area contributed by atoms with Crippen molar-refractivity contribution in [3.05, 3.63) is 29.8 Å². The van der Waals surface area contributed by atoms with Crippen molar-refractivity contribution < 1.29 is 9.53 Å². The molecule has 2 saturated heterocycles. The number of anilines is 1. The van der Waals surface area contributed by atoms with Gasteiger partial charge in [-0.3, -0.25) is 10.2 Å². The van der Waals surface area contributed by atoms with Gasteiger partial charge in [-0.15, -0.1) is 0 Å². The highest BCUT2D eigenvalue weighted by molar-refractivity contribution is 5.84. The van der Waals surface area contributed by atoms with E-state index in [-0.39, 0.29) is 11.8 Å². The van der Waals surface area contributed by atoms with Gasteiger partial charge in [-0.1, -0.05) is 12.1 Å². The van der Waals surface area contributed by atoms with E-state index in [1.54, 1.807) is 0 Å². The molecule has 0 bridgehead atoms. The summed E-state index contributed by atoms with van der Waals surface area (Å²) in [6.45, 7) is 5.52. The van der Waals surface area contributed by atoms with E-state index < -0.39 is 0 Å². The molecule has 1 aromatic carbocycles. The number of hydrogen-bond acceptors (Lipinski definition) is 4. The van der Waals surface area contributed by atoms with Crippen LogP contribution in [0.4, 0.5) is 5.69 Å². The number of ether oxygens (including phenoxy) is 1. The number of carbonyl (C=O) groups excluding carboxylic acids is 1. The Hall–Kier alpha value is -1.59. The zero-order valence-corrected chi connectivity index (χ0v) is 11.8. The van der Waals surface area contributed by atoms with E-state index in [1.165, 1.54) is 5.69 Å². The second kappa shape index (κ2) is 5.81. The van der Waals surface area contributed by atoms with Crippen molar-refractivity contribution in [2.75, 3.05) is 31.2 Å². The lowest BCUT2D eigenvalue weighted by atomic mass is 9.90. The SMILES string of the molecule is CC1CC(c2ccc(N3CCOCC3)cc2)C(=O)NN1. The summed E-state index contributed by atoms with van der Waals surface area (Å²) in [6.07, 6.45) is 0.836. The number of hydrazine groups is 1. The molecule has 108 valence electrons. The lowest BCUT2D eigenvalue weighted by Crippen LogP contribution is -2.51. The van der Waals surface area contributed by atoms with Crippen molar-refractivity contribution in [2.24, 2.45) is 0 Å². The molecule has 2 aliphatic rings. The molecule has 5 heteroatoms. The topological polar surface area (TPSA) is 53.6 Å². The number of nitrogens with zero attached hydrogens (tertiary/aromatic N) is 1. The molecule has 5 nitrogen and oxygen atoms in total. The van der Waals surface area contributed by atoms with Crippen LogP contribution in [0, 0.1) is 0 Å². The van der Waals surface area contributed by atoms with E-state index in [0.717, 1.165) is 38.3 Å². The Morgan fingerprint density at radius 3 is 2.60 bits per heavy atom. The van der Waals surface area contributed by atoms with Crippen molar-refractivity contribution in [1.82, 2.24) is 10.9 Å². The van der Waals surface area contributed by atoms with E-state index in [1.807, 2.05) is 0 Å². The van der Waals surface area contributed by atoms with E-state index >= 15 is 0 Å². The summed E-state index contributed by atoms with van der Waals surface area (Å²) >= 11 is 0. The van der Waals surface area contributed by atoms with Crippen molar-refractivity contribution in [3.63, 3.8) is 0 Å². The van der Waals surface area contributed by atoms with Crippen molar-refractivity contribution in [3.8, 4) is 0 Å². The maximum atomic E-state index is 11.9. The highest BCUT2D eigenvalue weighted by atomic mass is 16.5. The molecule has 2 fully saturated rings. The molecular formula is C15H21N3O2. The van der Waals surface area contributed by atoms with Crippen LogP contribution >= 0.6 is 0 Å². The smallest absolute Gasteiger partial charge is 0.241 e. The minimum absolute atomic E-state index is 0.0509. The van der Waals surface area contributed by atoms with E-state index in [4.69, 9.17) is 4.74 Å². The number of benzene rings is 1. The molecule has 2 atom stereocenters. The first-order valence-corrected chi connectivity index (χ1v) is 7.22. The van der Waals surface area contributed by atoms with Crippen LogP contribution in [-0.2, 0) is 9.53 Å². The van der Waals surface area contributed by atoms with Gasteiger partial charge in [0.1, 0.15) is 0 Å². The summed E-state index contributed by atoms with van der Waals surface area (Å²) in [5.41, 5.74) is 8.01. The fraction of sp³-hybridized carbons (Fsp3) is 0.533. The Bertz CT molecular complexity index is 469. The summed E-state index contributed by atoms with van der Waals surface area (Å²) < 4.78 is 5.36. The highest BCUT2D eigenvalue weighted by Gasteiger charge is 2.27. The Balaban J connectivity index is 1.73. The monoisotopic (exact) mass is 275 g/mol. The Labute approximate surface area is 119 Å². The molecule has 1 aromatic rings. The van der Waals surface area contributed by atoms with Gasteiger partial charge in [-0.05, 0) is 31.0 Å². The number of nitrogens with one attached hydrogen (secondary N) is 2. The molecule has 0 aromatic heterocycles. The van der Waals surface area contributed by atoms with Gasteiger partial charge < -0.3 is 9.64 Å². The van der Waals surface area contributed by atoms with Crippen LogP contribution in [0.1, 0.15) is 24.8 Å². The average Bonchev–Trinajstić information content (AvgIpc) is 2.51. The molecular weight excluding hydrogens is 254 g/mol. The van der Waals surface area contributed by atoms with Gasteiger partial charge in [0, 0.05) is 24.8 Å². The summed E-state index contributed by atoms with van der Waals surface area (Å²) in [4.78, 5) is 14.2. The second-order valence-electron chi connectivity index (χ2n) is 5.51. The fourth-order valence-electron chi connectivity index (χ4n) is 2.83. The number of carbonyl (C=O) groups is 1. The van der Waals surface area contributed by atoms with Crippen molar-refractivity contribution >= 4 is 11.6 Å². The summed E-state index contributed by atoms with van der Waals surface area (Å²) in [7, 11) is 0. The average molecular weight is 275 g/mol. The van der Waals surface area contributed by atoms with Crippen molar-refractivity contribution in [2.45, 2.75) is 25.3 Å². The maximum absolute atomic E-state index is 11.9. The van der Waals surface area contributed by atoms with Crippen LogP contribution in [0.5, 0.6) is 0 Å². The molecule has 0 aliphatic carbocycles. The summed E-state index contributed by atoms with van der Waals surface area (Å²) in [5, 5.41) is 0. The van der Waals surface area contributed by atoms with Gasteiger partial charge in [0.15, 0.2) is 0 Å². The molecule has 2 N–H and O–H groups in total. The summed E-state index contributed by atoms with van der Waals surface area (Å²) in [6, 6.07) is 8.68. The van der Waals surface area contributed by atoms with Gasteiger partial charge in [-0.2, -0.15) is 0 Å². The van der Waals surface area contributed by atoms with Crippen LogP contribution in [0.2, 0.25) is 0 Å². The normalized spacial score (nSPS) is 27.2. The molecule has 20 heavy (non-hydrogen) atoms. The van der Waals surface area contributed by atoms with Crippen LogP contribution in [0.15, 0.2) is 24.3 Å². The first kappa shape index (κ1) is 13.4. The Kier molecular flexibility index (Phi) is 3.89. The summed E-state index contributed by atoms with van der Waals surface area (Å²) in [5.74, 6) is 0.00668. The lowest BCUT2D eigenvalue weighted by Gasteiger charge is -2.30. The first-order valence-electron chi connectivity index (χ1n) is 7.22.